The molecule has 0 radical (unpaired) electrons. The van der Waals surface area contributed by atoms with E-state index in [0.717, 1.165) is 31.8 Å². The summed E-state index contributed by atoms with van der Waals surface area (Å²) in [6.07, 6.45) is 3.90. The average molecular weight is 432 g/mol. The summed E-state index contributed by atoms with van der Waals surface area (Å²) in [7, 11) is 0. The van der Waals surface area contributed by atoms with Crippen molar-refractivity contribution in [2.45, 2.75) is 33.2 Å². The first-order valence-corrected chi connectivity index (χ1v) is 10.6. The van der Waals surface area contributed by atoms with E-state index >= 15 is 0 Å². The minimum absolute atomic E-state index is 0.165. The topological polar surface area (TPSA) is 49.8 Å². The van der Waals surface area contributed by atoms with Crippen molar-refractivity contribution in [3.8, 4) is 11.5 Å². The number of phenols is 1. The minimum Gasteiger partial charge on any atom is -0.507 e. The van der Waals surface area contributed by atoms with Gasteiger partial charge in [-0.05, 0) is 74.2 Å². The van der Waals surface area contributed by atoms with Crippen molar-refractivity contribution in [3.63, 3.8) is 0 Å². The van der Waals surface area contributed by atoms with Crippen LogP contribution in [0, 0.1) is 12.8 Å². The number of rotatable bonds is 3. The zero-order valence-corrected chi connectivity index (χ0v) is 18.0. The van der Waals surface area contributed by atoms with Gasteiger partial charge in [0.1, 0.15) is 11.5 Å². The van der Waals surface area contributed by atoms with Crippen molar-refractivity contribution in [2.75, 3.05) is 13.1 Å². The van der Waals surface area contributed by atoms with E-state index in [1.807, 2.05) is 6.92 Å². The van der Waals surface area contributed by atoms with Gasteiger partial charge in [-0.15, -0.1) is 0 Å². The van der Waals surface area contributed by atoms with E-state index in [4.69, 9.17) is 27.9 Å². The molecule has 2 aliphatic rings. The number of likely N-dealkylation sites (tertiary alicyclic amines) is 1. The number of aryl methyl sites for hydroxylation is 1. The number of carbonyl (C=O) groups excluding carboxylic acids is 1. The number of ether oxygens (including phenoxy) is 1. The third-order valence-electron chi connectivity index (χ3n) is 5.73. The number of allylic oxidation sites excluding steroid dienone is 1. The van der Waals surface area contributed by atoms with Gasteiger partial charge < -0.3 is 9.84 Å². The molecule has 2 aromatic carbocycles. The molecule has 0 aliphatic carbocycles. The molecule has 0 aromatic heterocycles. The second kappa shape index (κ2) is 8.02. The Bertz CT molecular complexity index is 1010. The molecular weight excluding hydrogens is 409 g/mol. The first-order valence-electron chi connectivity index (χ1n) is 9.80. The molecule has 0 atom stereocenters. The lowest BCUT2D eigenvalue weighted by atomic mass is 9.96. The highest BCUT2D eigenvalue weighted by molar-refractivity contribution is 6.35. The Morgan fingerprint density at radius 1 is 1.24 bits per heavy atom. The van der Waals surface area contributed by atoms with E-state index in [1.54, 1.807) is 30.3 Å². The number of carbonyl (C=O) groups is 1. The van der Waals surface area contributed by atoms with Crippen LogP contribution in [-0.4, -0.2) is 28.9 Å². The van der Waals surface area contributed by atoms with Gasteiger partial charge in [0.15, 0.2) is 5.76 Å². The van der Waals surface area contributed by atoms with Crippen molar-refractivity contribution in [2.24, 2.45) is 5.92 Å². The van der Waals surface area contributed by atoms with Crippen LogP contribution in [-0.2, 0) is 6.54 Å². The first-order chi connectivity index (χ1) is 13.8. The van der Waals surface area contributed by atoms with Crippen molar-refractivity contribution in [1.82, 2.24) is 4.90 Å². The molecule has 1 N–H and O–H groups in total. The maximum absolute atomic E-state index is 13.0. The Kier molecular flexibility index (Phi) is 5.60. The van der Waals surface area contributed by atoms with Crippen LogP contribution in [0.1, 0.15) is 46.8 Å². The molecular formula is C23H23Cl2NO3. The summed E-state index contributed by atoms with van der Waals surface area (Å²) in [5.74, 6) is 1.35. The number of benzene rings is 2. The van der Waals surface area contributed by atoms with Crippen molar-refractivity contribution >= 4 is 35.1 Å². The normalized spacial score (nSPS) is 18.9. The zero-order valence-electron chi connectivity index (χ0n) is 16.5. The van der Waals surface area contributed by atoms with E-state index in [-0.39, 0.29) is 17.3 Å². The third kappa shape index (κ3) is 4.02. The van der Waals surface area contributed by atoms with Crippen LogP contribution in [0.25, 0.3) is 6.08 Å². The lowest BCUT2D eigenvalue weighted by Crippen LogP contribution is -2.32. The number of ketones is 1. The standard InChI is InChI=1S/C23H23Cl2NO3/c1-13-5-7-26(8-6-13)12-17-19(27)9-14(2)21-22(28)20(29-23(17)21)10-15-3-4-16(24)11-18(15)25/h3-4,9-11,13,27H,5-8,12H2,1-2H3/b20-10-. The number of nitrogens with zero attached hydrogens (tertiary/aromatic N) is 1. The molecule has 0 spiro atoms. The SMILES string of the molecule is Cc1cc(O)c(CN2CCC(C)CC2)c2c1C(=O)/C(=C/c1ccc(Cl)cc1Cl)O2. The van der Waals surface area contributed by atoms with E-state index in [2.05, 4.69) is 11.8 Å². The van der Waals surface area contributed by atoms with Gasteiger partial charge in [-0.1, -0.05) is 36.2 Å². The van der Waals surface area contributed by atoms with E-state index in [0.29, 0.717) is 44.6 Å². The molecule has 2 aliphatic heterocycles. The molecule has 2 aromatic rings. The van der Waals surface area contributed by atoms with Gasteiger partial charge >= 0.3 is 0 Å². The number of halogens is 2. The van der Waals surface area contributed by atoms with Gasteiger partial charge in [0.05, 0.1) is 11.1 Å². The van der Waals surface area contributed by atoms with Crippen LogP contribution in [0.15, 0.2) is 30.0 Å². The summed E-state index contributed by atoms with van der Waals surface area (Å²) in [6, 6.07) is 6.74. The Balaban J connectivity index is 1.68. The van der Waals surface area contributed by atoms with Crippen molar-refractivity contribution in [3.05, 3.63) is 62.3 Å². The Morgan fingerprint density at radius 3 is 2.66 bits per heavy atom. The highest BCUT2D eigenvalue weighted by Crippen LogP contribution is 2.43. The summed E-state index contributed by atoms with van der Waals surface area (Å²) < 4.78 is 6.00. The average Bonchev–Trinajstić information content (AvgIpc) is 2.99. The Morgan fingerprint density at radius 2 is 1.97 bits per heavy atom. The molecule has 0 unspecified atom stereocenters. The largest absolute Gasteiger partial charge is 0.507 e. The van der Waals surface area contributed by atoms with Crippen molar-refractivity contribution < 1.29 is 14.6 Å². The molecule has 0 bridgehead atoms. The molecule has 2 heterocycles. The lowest BCUT2D eigenvalue weighted by molar-refractivity contribution is 0.101. The van der Waals surface area contributed by atoms with Crippen LogP contribution < -0.4 is 4.74 Å². The summed E-state index contributed by atoms with van der Waals surface area (Å²) in [5, 5.41) is 11.6. The van der Waals surface area contributed by atoms with Crippen molar-refractivity contribution in [1.29, 1.82) is 0 Å². The van der Waals surface area contributed by atoms with E-state index in [9.17, 15) is 9.90 Å². The van der Waals surface area contributed by atoms with E-state index in [1.165, 1.54) is 0 Å². The maximum Gasteiger partial charge on any atom is 0.232 e. The highest BCUT2D eigenvalue weighted by Gasteiger charge is 2.34. The fraction of sp³-hybridized carbons (Fsp3) is 0.348. The maximum atomic E-state index is 13.0. The molecule has 4 nitrogen and oxygen atoms in total. The van der Waals surface area contributed by atoms with E-state index < -0.39 is 0 Å². The predicted molar refractivity (Wildman–Crippen MR) is 116 cm³/mol. The van der Waals surface area contributed by atoms with Crippen LogP contribution in [0.3, 0.4) is 0 Å². The zero-order chi connectivity index (χ0) is 20.7. The number of Topliss-reactive ketones (excluding diaryl/α,β-unsaturated/α-hetero) is 1. The number of phenolic OH excluding ortho intramolecular Hbond substituents is 1. The molecule has 29 heavy (non-hydrogen) atoms. The third-order valence-corrected chi connectivity index (χ3v) is 6.29. The number of aromatic hydroxyl groups is 1. The van der Waals surface area contributed by atoms with Gasteiger partial charge in [-0.3, -0.25) is 9.69 Å². The highest BCUT2D eigenvalue weighted by atomic mass is 35.5. The van der Waals surface area contributed by atoms with Gasteiger partial charge in [-0.2, -0.15) is 0 Å². The fourth-order valence-electron chi connectivity index (χ4n) is 3.94. The molecule has 6 heteroatoms. The van der Waals surface area contributed by atoms with Gasteiger partial charge in [0, 0.05) is 16.6 Å². The quantitative estimate of drug-likeness (QED) is 0.618. The number of fused-ring (bicyclic) bond motifs is 1. The number of hydrogen-bond donors (Lipinski definition) is 1. The number of hydrogen-bond acceptors (Lipinski definition) is 4. The van der Waals surface area contributed by atoms with Gasteiger partial charge in [-0.25, -0.2) is 0 Å². The number of piperidine rings is 1. The van der Waals surface area contributed by atoms with Crippen LogP contribution in [0.2, 0.25) is 10.0 Å². The summed E-state index contributed by atoms with van der Waals surface area (Å²) in [6.45, 7) is 6.58. The molecule has 4 rings (SSSR count). The Labute approximate surface area is 180 Å². The summed E-state index contributed by atoms with van der Waals surface area (Å²) >= 11 is 12.2. The molecule has 152 valence electrons. The van der Waals surface area contributed by atoms with Crippen LogP contribution in [0.4, 0.5) is 0 Å². The fourth-order valence-corrected chi connectivity index (χ4v) is 4.40. The molecule has 0 amide bonds. The second-order valence-corrected chi connectivity index (χ2v) is 8.80. The first kappa shape index (κ1) is 20.3. The second-order valence-electron chi connectivity index (χ2n) is 7.96. The van der Waals surface area contributed by atoms with Gasteiger partial charge in [0.2, 0.25) is 5.78 Å². The predicted octanol–water partition coefficient (Wildman–Crippen LogP) is 5.86. The lowest BCUT2D eigenvalue weighted by Gasteiger charge is -2.30. The van der Waals surface area contributed by atoms with Gasteiger partial charge in [0.25, 0.3) is 0 Å². The summed E-state index contributed by atoms with van der Waals surface area (Å²) in [5.41, 5.74) is 2.53. The molecule has 1 fully saturated rings. The smallest absolute Gasteiger partial charge is 0.232 e. The monoisotopic (exact) mass is 431 g/mol. The van der Waals surface area contributed by atoms with Crippen LogP contribution in [0.5, 0.6) is 11.5 Å². The van der Waals surface area contributed by atoms with Crippen LogP contribution >= 0.6 is 23.2 Å². The molecule has 0 saturated carbocycles. The molecule has 1 saturated heterocycles. The summed E-state index contributed by atoms with van der Waals surface area (Å²) in [4.78, 5) is 15.3. The Hall–Kier alpha value is -2.01. The minimum atomic E-state index is -0.197.